The normalized spacial score (nSPS) is 25.6. The highest BCUT2D eigenvalue weighted by Crippen LogP contribution is 2.48. The zero-order chi connectivity index (χ0) is 29.5. The highest BCUT2D eigenvalue weighted by Gasteiger charge is 2.56. The van der Waals surface area contributed by atoms with Crippen LogP contribution in [0.3, 0.4) is 0 Å². The molecule has 5 rings (SSSR count). The van der Waals surface area contributed by atoms with Gasteiger partial charge in [-0.1, -0.05) is 29.8 Å². The van der Waals surface area contributed by atoms with Crippen LogP contribution >= 0.6 is 19.3 Å². The minimum absolute atomic E-state index is 0.0102. The summed E-state index contributed by atoms with van der Waals surface area (Å²) in [7, 11) is -4.14. The second kappa shape index (κ2) is 11.5. The summed E-state index contributed by atoms with van der Waals surface area (Å²) in [4.78, 5) is 20.8. The van der Waals surface area contributed by atoms with Crippen LogP contribution in [0.5, 0.6) is 5.75 Å². The number of nitrogens with zero attached hydrogens (tertiary/aromatic N) is 3. The molecule has 222 valence electrons. The van der Waals surface area contributed by atoms with E-state index >= 15 is 0 Å². The summed E-state index contributed by atoms with van der Waals surface area (Å²) in [5.41, 5.74) is 6.31. The van der Waals surface area contributed by atoms with Gasteiger partial charge in [0.05, 0.1) is 18.1 Å². The first kappa shape index (κ1) is 29.7. The van der Waals surface area contributed by atoms with Crippen molar-refractivity contribution >= 4 is 42.3 Å². The van der Waals surface area contributed by atoms with Crippen molar-refractivity contribution in [3.8, 4) is 5.75 Å². The van der Waals surface area contributed by atoms with Gasteiger partial charge >= 0.3 is 13.7 Å². The zero-order valence-corrected chi connectivity index (χ0v) is 24.9. The van der Waals surface area contributed by atoms with Crippen molar-refractivity contribution in [3.05, 3.63) is 47.7 Å². The van der Waals surface area contributed by atoms with Crippen LogP contribution in [0, 0.1) is 0 Å². The van der Waals surface area contributed by atoms with Crippen LogP contribution in [0.25, 0.3) is 11.0 Å². The summed E-state index contributed by atoms with van der Waals surface area (Å²) in [5.74, 6) is -1.24. The largest absolute Gasteiger partial charge is 0.462 e. The summed E-state index contributed by atoms with van der Waals surface area (Å²) in [6.45, 7) is 8.31. The summed E-state index contributed by atoms with van der Waals surface area (Å²) >= 11 is 6.28. The zero-order valence-electron chi connectivity index (χ0n) is 23.2. The van der Waals surface area contributed by atoms with Gasteiger partial charge in [0.2, 0.25) is 5.95 Å². The lowest BCUT2D eigenvalue weighted by atomic mass is 10.1. The van der Waals surface area contributed by atoms with E-state index in [2.05, 4.69) is 15.1 Å². The lowest BCUT2D eigenvalue weighted by Crippen LogP contribution is -2.38. The Kier molecular flexibility index (Phi) is 8.32. The minimum atomic E-state index is -4.14. The predicted octanol–water partition coefficient (Wildman–Crippen LogP) is 4.22. The SMILES string of the molecule is CC(C)OC(=O)[C@H](C)N[P@](=O)(OC[C@H]1O[C@@H](n2ccc3c(Cl)nc(N)nc32)[C@@H]2OC(C)(C)O[C@@H]21)Oc1ccccc1. The number of hydrogen-bond donors (Lipinski definition) is 2. The third-order valence-corrected chi connectivity index (χ3v) is 8.31. The maximum atomic E-state index is 14.0. The van der Waals surface area contributed by atoms with Gasteiger partial charge in [-0.15, -0.1) is 0 Å². The van der Waals surface area contributed by atoms with E-state index in [1.807, 2.05) is 0 Å². The number of rotatable bonds is 10. The highest BCUT2D eigenvalue weighted by atomic mass is 35.5. The maximum Gasteiger partial charge on any atom is 0.459 e. The number of benzene rings is 1. The molecule has 2 aromatic heterocycles. The molecule has 6 atom stereocenters. The number of aromatic nitrogens is 3. The molecule has 0 amide bonds. The first-order chi connectivity index (χ1) is 19.3. The van der Waals surface area contributed by atoms with Gasteiger partial charge in [0.15, 0.2) is 12.0 Å². The van der Waals surface area contributed by atoms with E-state index in [1.165, 1.54) is 6.92 Å². The molecule has 1 aromatic carbocycles. The smallest absolute Gasteiger partial charge is 0.459 e. The first-order valence-electron chi connectivity index (χ1n) is 13.1. The van der Waals surface area contributed by atoms with Gasteiger partial charge in [-0.05, 0) is 52.8 Å². The third-order valence-electron chi connectivity index (χ3n) is 6.38. The number of hydrogen-bond acceptors (Lipinski definition) is 11. The Balaban J connectivity index is 1.39. The number of nitrogens with one attached hydrogen (secondary N) is 1. The number of ether oxygens (including phenoxy) is 4. The molecule has 0 bridgehead atoms. The Bertz CT molecular complexity index is 1450. The fourth-order valence-corrected chi connectivity index (χ4v) is 6.48. The van der Waals surface area contributed by atoms with Gasteiger partial charge < -0.3 is 33.8 Å². The summed E-state index contributed by atoms with van der Waals surface area (Å²) in [6.07, 6.45) is -1.24. The minimum Gasteiger partial charge on any atom is -0.462 e. The van der Waals surface area contributed by atoms with E-state index in [1.54, 1.807) is 74.9 Å². The molecule has 0 spiro atoms. The second-order valence-electron chi connectivity index (χ2n) is 10.5. The number of anilines is 1. The number of nitrogens with two attached hydrogens (primary N) is 1. The molecule has 0 aliphatic carbocycles. The van der Waals surface area contributed by atoms with Crippen molar-refractivity contribution in [1.82, 2.24) is 19.6 Å². The Morgan fingerprint density at radius 1 is 1.17 bits per heavy atom. The fourth-order valence-electron chi connectivity index (χ4n) is 4.74. The molecule has 4 heterocycles. The molecule has 2 aliphatic heterocycles. The molecular formula is C26H33ClN5O8P. The van der Waals surface area contributed by atoms with E-state index in [9.17, 15) is 9.36 Å². The third kappa shape index (κ3) is 6.51. The van der Waals surface area contributed by atoms with Crippen LogP contribution in [0.1, 0.15) is 40.8 Å². The topological polar surface area (TPSA) is 158 Å². The fraction of sp³-hybridized carbons (Fsp3) is 0.500. The van der Waals surface area contributed by atoms with Crippen LogP contribution in [0.4, 0.5) is 5.95 Å². The van der Waals surface area contributed by atoms with E-state index in [0.29, 0.717) is 11.0 Å². The molecule has 0 unspecified atom stereocenters. The molecule has 2 aliphatic rings. The van der Waals surface area contributed by atoms with Crippen LogP contribution in [-0.4, -0.2) is 63.4 Å². The Morgan fingerprint density at radius 3 is 2.59 bits per heavy atom. The van der Waals surface area contributed by atoms with Gasteiger partial charge in [-0.3, -0.25) is 9.32 Å². The van der Waals surface area contributed by atoms with Gasteiger partial charge in [-0.2, -0.15) is 10.1 Å². The van der Waals surface area contributed by atoms with E-state index in [0.717, 1.165) is 0 Å². The molecule has 0 radical (unpaired) electrons. The van der Waals surface area contributed by atoms with E-state index < -0.39 is 50.1 Å². The lowest BCUT2D eigenvalue weighted by Gasteiger charge is -2.27. The molecule has 41 heavy (non-hydrogen) atoms. The quantitative estimate of drug-likeness (QED) is 0.192. The summed E-state index contributed by atoms with van der Waals surface area (Å²) in [5, 5.41) is 3.48. The number of esters is 1. The van der Waals surface area contributed by atoms with Crippen molar-refractivity contribution < 1.29 is 37.4 Å². The molecule has 3 N–H and O–H groups in total. The summed E-state index contributed by atoms with van der Waals surface area (Å²) in [6, 6.07) is 9.24. The molecular weight excluding hydrogens is 577 g/mol. The maximum absolute atomic E-state index is 14.0. The van der Waals surface area contributed by atoms with Crippen LogP contribution in [-0.2, 0) is 32.8 Å². The Morgan fingerprint density at radius 2 is 1.88 bits per heavy atom. The number of para-hydroxylation sites is 1. The van der Waals surface area contributed by atoms with Crippen molar-refractivity contribution in [2.45, 2.75) is 77.1 Å². The van der Waals surface area contributed by atoms with Crippen molar-refractivity contribution in [2.24, 2.45) is 0 Å². The molecule has 15 heteroatoms. The standard InChI is InChI=1S/C26H33ClN5O8P/c1-14(2)36-24(33)15(3)31-41(34,40-16-9-7-6-8-10-16)35-13-18-19-20(39-26(4,5)38-19)23(37-18)32-12-11-17-21(27)29-25(28)30-22(17)32/h6-12,14-15,18-20,23H,13H2,1-5H3,(H,31,34)(H2,28,29,30)/t15-,18+,19+,20+,23+,41-/m0/s1. The molecule has 13 nitrogen and oxygen atoms in total. The number of carbonyl (C=O) groups is 1. The molecule has 2 fully saturated rings. The second-order valence-corrected chi connectivity index (χ2v) is 12.5. The predicted molar refractivity (Wildman–Crippen MR) is 149 cm³/mol. The summed E-state index contributed by atoms with van der Waals surface area (Å²) < 4.78 is 51.3. The van der Waals surface area contributed by atoms with Gasteiger partial charge in [-0.25, -0.2) is 9.55 Å². The monoisotopic (exact) mass is 609 g/mol. The van der Waals surface area contributed by atoms with Gasteiger partial charge in [0, 0.05) is 6.20 Å². The van der Waals surface area contributed by atoms with Crippen LogP contribution < -0.4 is 15.3 Å². The lowest BCUT2D eigenvalue weighted by molar-refractivity contribution is -0.199. The molecule has 3 aromatic rings. The Hall–Kier alpha value is -2.77. The van der Waals surface area contributed by atoms with Crippen molar-refractivity contribution in [3.63, 3.8) is 0 Å². The van der Waals surface area contributed by atoms with E-state index in [4.69, 9.17) is 45.3 Å². The van der Waals surface area contributed by atoms with Crippen LogP contribution in [0.15, 0.2) is 42.6 Å². The van der Waals surface area contributed by atoms with Crippen LogP contribution in [0.2, 0.25) is 5.15 Å². The number of carbonyl (C=O) groups excluding carboxylic acids is 1. The highest BCUT2D eigenvalue weighted by molar-refractivity contribution is 7.52. The van der Waals surface area contributed by atoms with Crippen molar-refractivity contribution in [2.75, 3.05) is 12.3 Å². The molecule has 0 saturated carbocycles. The average molecular weight is 610 g/mol. The van der Waals surface area contributed by atoms with Gasteiger partial charge in [0.25, 0.3) is 0 Å². The van der Waals surface area contributed by atoms with E-state index in [-0.39, 0.29) is 29.6 Å². The number of halogens is 1. The average Bonchev–Trinajstić information content (AvgIpc) is 3.53. The Labute approximate surface area is 242 Å². The number of nitrogen functional groups attached to an aromatic ring is 1. The van der Waals surface area contributed by atoms with Crippen molar-refractivity contribution in [1.29, 1.82) is 0 Å². The molecule has 2 saturated heterocycles. The van der Waals surface area contributed by atoms with Gasteiger partial charge in [0.1, 0.15) is 40.9 Å². The first-order valence-corrected chi connectivity index (χ1v) is 15.0. The number of fused-ring (bicyclic) bond motifs is 2.